The van der Waals surface area contributed by atoms with Gasteiger partial charge in [0.2, 0.25) is 11.8 Å². The van der Waals surface area contributed by atoms with Crippen molar-refractivity contribution in [1.82, 2.24) is 30.3 Å². The normalized spacial score (nSPS) is 18.2. The second-order valence-electron chi connectivity index (χ2n) is 13.8. The van der Waals surface area contributed by atoms with Crippen LogP contribution in [-0.4, -0.2) is 126 Å². The molecule has 0 aliphatic carbocycles. The number of fused-ring (bicyclic) bond motifs is 1. The smallest absolute Gasteiger partial charge is 0.408 e. The average molecular weight is 715 g/mol. The second-order valence-corrected chi connectivity index (χ2v) is 13.8. The number of aromatic nitrogens is 1. The fourth-order valence-corrected chi connectivity index (χ4v) is 6.05. The molecule has 2 aliphatic rings. The van der Waals surface area contributed by atoms with Crippen LogP contribution in [0.15, 0.2) is 30.5 Å². The number of likely N-dealkylation sites (tertiary alicyclic amines) is 1. The molecule has 0 radical (unpaired) electrons. The Kier molecular flexibility index (Phi) is 13.5. The van der Waals surface area contributed by atoms with Crippen LogP contribution in [0.25, 0.3) is 10.9 Å². The summed E-state index contributed by atoms with van der Waals surface area (Å²) in [6, 6.07) is 6.44. The number of alkyl carbamates (subject to hydrolysis) is 1. The Morgan fingerprint density at radius 3 is 2.55 bits per heavy atom. The first-order chi connectivity index (χ1) is 24.2. The van der Waals surface area contributed by atoms with Gasteiger partial charge in [-0.1, -0.05) is 0 Å². The molecule has 51 heavy (non-hydrogen) atoms. The highest BCUT2D eigenvalue weighted by molar-refractivity contribution is 6.07. The van der Waals surface area contributed by atoms with Crippen LogP contribution in [0.5, 0.6) is 5.75 Å². The van der Waals surface area contributed by atoms with E-state index in [0.717, 1.165) is 17.9 Å². The first kappa shape index (κ1) is 39.2. The van der Waals surface area contributed by atoms with Crippen molar-refractivity contribution in [3.05, 3.63) is 36.0 Å². The minimum atomic E-state index is -3.15. The molecule has 2 saturated heterocycles. The van der Waals surface area contributed by atoms with Gasteiger partial charge in [-0.3, -0.25) is 24.3 Å². The zero-order valence-corrected chi connectivity index (χ0v) is 29.5. The number of nitrogens with one attached hydrogen (secondary N) is 2. The van der Waals surface area contributed by atoms with E-state index in [4.69, 9.17) is 20.5 Å². The Hall–Kier alpha value is -4.62. The molecule has 2 aliphatic heterocycles. The maximum Gasteiger partial charge on any atom is 0.408 e. The lowest BCUT2D eigenvalue weighted by Gasteiger charge is -2.36. The SMILES string of the molecule is CC(C)(C)OC(=O)N[C@@H](CCCCN)C(=O)N1CCN(CCCOc2ccc3nccc(C(=O)NCC(=O)N4CC(F)(F)C[C@H]4C#N)c3c2)CC1. The fourth-order valence-electron chi connectivity index (χ4n) is 6.05. The van der Waals surface area contributed by atoms with Crippen molar-refractivity contribution in [2.24, 2.45) is 5.73 Å². The van der Waals surface area contributed by atoms with Gasteiger partial charge >= 0.3 is 6.09 Å². The molecule has 0 saturated carbocycles. The molecule has 1 aromatic carbocycles. The summed E-state index contributed by atoms with van der Waals surface area (Å²) in [5, 5.41) is 14.9. The van der Waals surface area contributed by atoms with Crippen LogP contribution in [-0.2, 0) is 14.3 Å². The Bertz CT molecular complexity index is 1590. The molecule has 0 spiro atoms. The Morgan fingerprint density at radius 2 is 1.86 bits per heavy atom. The van der Waals surface area contributed by atoms with Crippen LogP contribution in [0, 0.1) is 11.3 Å². The molecular weight excluding hydrogens is 666 g/mol. The molecule has 16 heteroatoms. The number of hydrogen-bond donors (Lipinski definition) is 3. The van der Waals surface area contributed by atoms with E-state index < -0.39 is 61.0 Å². The summed E-state index contributed by atoms with van der Waals surface area (Å²) in [4.78, 5) is 60.5. The predicted molar refractivity (Wildman–Crippen MR) is 184 cm³/mol. The Balaban J connectivity index is 1.24. The van der Waals surface area contributed by atoms with Crippen molar-refractivity contribution >= 4 is 34.7 Å². The number of ether oxygens (including phenoxy) is 2. The summed E-state index contributed by atoms with van der Waals surface area (Å²) in [6.07, 6.45) is 2.76. The van der Waals surface area contributed by atoms with E-state index in [1.807, 2.05) is 0 Å². The van der Waals surface area contributed by atoms with Gasteiger partial charge in [-0.15, -0.1) is 0 Å². The van der Waals surface area contributed by atoms with Crippen molar-refractivity contribution in [2.75, 3.05) is 59.0 Å². The molecule has 2 aromatic rings. The molecule has 4 N–H and O–H groups in total. The summed E-state index contributed by atoms with van der Waals surface area (Å²) >= 11 is 0. The van der Waals surface area contributed by atoms with Crippen LogP contribution in [0.4, 0.5) is 13.6 Å². The topological polar surface area (TPSA) is 183 Å². The van der Waals surface area contributed by atoms with Crippen LogP contribution in [0.1, 0.15) is 63.2 Å². The van der Waals surface area contributed by atoms with Gasteiger partial charge in [0.05, 0.1) is 36.8 Å². The molecule has 1 aromatic heterocycles. The fraction of sp³-hybridized carbons (Fsp3) is 0.600. The number of nitrogens with two attached hydrogens (primary N) is 1. The lowest BCUT2D eigenvalue weighted by atomic mass is 10.1. The number of carbonyl (C=O) groups excluding carboxylic acids is 4. The van der Waals surface area contributed by atoms with E-state index in [2.05, 4.69) is 20.5 Å². The highest BCUT2D eigenvalue weighted by Crippen LogP contribution is 2.31. The zero-order valence-electron chi connectivity index (χ0n) is 29.5. The third kappa shape index (κ3) is 11.4. The number of alkyl halides is 2. The molecule has 0 bridgehead atoms. The first-order valence-electron chi connectivity index (χ1n) is 17.3. The zero-order chi connectivity index (χ0) is 37.2. The maximum atomic E-state index is 13.8. The van der Waals surface area contributed by atoms with Gasteiger partial charge in [-0.2, -0.15) is 5.26 Å². The van der Waals surface area contributed by atoms with Crippen molar-refractivity contribution in [3.63, 3.8) is 0 Å². The van der Waals surface area contributed by atoms with E-state index in [0.29, 0.717) is 75.2 Å². The third-order valence-corrected chi connectivity index (χ3v) is 8.60. The number of unbranched alkanes of at least 4 members (excludes halogenated alkanes) is 1. The number of nitrogens with zero attached hydrogens (tertiary/aromatic N) is 5. The maximum absolute atomic E-state index is 13.8. The molecular formula is C35H48F2N8O6. The summed E-state index contributed by atoms with van der Waals surface area (Å²) in [5.41, 5.74) is 5.71. The summed E-state index contributed by atoms with van der Waals surface area (Å²) in [5.74, 6) is -4.11. The van der Waals surface area contributed by atoms with E-state index in [1.54, 1.807) is 49.9 Å². The third-order valence-electron chi connectivity index (χ3n) is 8.60. The summed E-state index contributed by atoms with van der Waals surface area (Å²) in [7, 11) is 0. The lowest BCUT2D eigenvalue weighted by molar-refractivity contribution is -0.135. The van der Waals surface area contributed by atoms with Gasteiger partial charge in [0.1, 0.15) is 23.4 Å². The largest absolute Gasteiger partial charge is 0.494 e. The number of pyridine rings is 1. The van der Waals surface area contributed by atoms with Gasteiger partial charge in [0, 0.05) is 50.7 Å². The molecule has 0 unspecified atom stereocenters. The van der Waals surface area contributed by atoms with Gasteiger partial charge in [0.15, 0.2) is 0 Å². The summed E-state index contributed by atoms with van der Waals surface area (Å²) in [6.45, 7) is 7.96. The number of rotatable bonds is 14. The first-order valence-corrected chi connectivity index (χ1v) is 17.3. The highest BCUT2D eigenvalue weighted by atomic mass is 19.3. The van der Waals surface area contributed by atoms with Crippen LogP contribution in [0.2, 0.25) is 0 Å². The number of nitriles is 1. The molecule has 4 amide bonds. The monoisotopic (exact) mass is 714 g/mol. The van der Waals surface area contributed by atoms with E-state index in [9.17, 15) is 28.0 Å². The predicted octanol–water partition coefficient (Wildman–Crippen LogP) is 2.66. The van der Waals surface area contributed by atoms with Crippen molar-refractivity contribution in [2.45, 2.75) is 76.5 Å². The Morgan fingerprint density at radius 1 is 1.12 bits per heavy atom. The van der Waals surface area contributed by atoms with E-state index in [1.165, 1.54) is 12.3 Å². The molecule has 14 nitrogen and oxygen atoms in total. The number of benzene rings is 1. The van der Waals surface area contributed by atoms with E-state index in [-0.39, 0.29) is 11.5 Å². The number of carbonyl (C=O) groups is 4. The minimum absolute atomic E-state index is 0.129. The van der Waals surface area contributed by atoms with Crippen molar-refractivity contribution in [1.29, 1.82) is 5.26 Å². The molecule has 3 heterocycles. The van der Waals surface area contributed by atoms with Gasteiger partial charge in [-0.05, 0) is 77.3 Å². The van der Waals surface area contributed by atoms with Gasteiger partial charge in [-0.25, -0.2) is 13.6 Å². The summed E-state index contributed by atoms with van der Waals surface area (Å²) < 4.78 is 38.9. The number of piperazine rings is 1. The van der Waals surface area contributed by atoms with Crippen molar-refractivity contribution < 1.29 is 37.4 Å². The lowest BCUT2D eigenvalue weighted by Crippen LogP contribution is -2.55. The minimum Gasteiger partial charge on any atom is -0.494 e. The number of hydrogen-bond acceptors (Lipinski definition) is 10. The number of halogens is 2. The molecule has 4 rings (SSSR count). The average Bonchev–Trinajstić information content (AvgIpc) is 3.41. The van der Waals surface area contributed by atoms with Gasteiger partial charge < -0.3 is 35.6 Å². The van der Waals surface area contributed by atoms with Crippen LogP contribution < -0.4 is 21.1 Å². The second kappa shape index (κ2) is 17.5. The number of amides is 4. The molecule has 2 fully saturated rings. The van der Waals surface area contributed by atoms with Crippen molar-refractivity contribution in [3.8, 4) is 11.8 Å². The highest BCUT2D eigenvalue weighted by Gasteiger charge is 2.47. The van der Waals surface area contributed by atoms with Crippen LogP contribution in [0.3, 0.4) is 0 Å². The van der Waals surface area contributed by atoms with Gasteiger partial charge in [0.25, 0.3) is 11.8 Å². The Labute approximate surface area is 296 Å². The molecule has 278 valence electrons. The quantitative estimate of drug-likeness (QED) is 0.246. The molecule has 2 atom stereocenters. The standard InChI is InChI=1S/C35H48F2N8O6/c1-34(2,3)51-33(49)42-29(7-4-5-11-38)32(48)44-16-14-43(15-17-44)13-6-18-50-25-8-9-28-27(19-25)26(10-12-40-28)31(47)41-22-30(46)45-23-35(36,37)20-24(45)21-39/h8-10,12,19,24,29H,4-7,11,13-18,20,22-23,38H2,1-3H3,(H,41,47)(H,42,49)/t24-,29-/m0/s1. The van der Waals surface area contributed by atoms with Crippen LogP contribution >= 0.6 is 0 Å². The van der Waals surface area contributed by atoms with E-state index >= 15 is 0 Å².